The second-order valence-corrected chi connectivity index (χ2v) is 10.4. The number of hydrogen-bond donors (Lipinski definition) is 1. The number of carbonyl (C=O) groups is 1. The number of sulfonamides is 1. The van der Waals surface area contributed by atoms with E-state index < -0.39 is 16.0 Å². The van der Waals surface area contributed by atoms with Gasteiger partial charge in [-0.1, -0.05) is 62.4 Å². The Labute approximate surface area is 187 Å². The van der Waals surface area contributed by atoms with Crippen molar-refractivity contribution >= 4 is 33.6 Å². The number of nitrogens with zero attached hydrogens (tertiary/aromatic N) is 1. The van der Waals surface area contributed by atoms with Crippen LogP contribution in [0.2, 0.25) is 0 Å². The van der Waals surface area contributed by atoms with Crippen molar-refractivity contribution < 1.29 is 18.3 Å². The molecule has 5 nitrogen and oxygen atoms in total. The third-order valence-electron chi connectivity index (χ3n) is 4.92. The molecule has 0 aliphatic carbocycles. The lowest BCUT2D eigenvalue weighted by molar-refractivity contribution is 0.0696. The zero-order valence-corrected chi connectivity index (χ0v) is 19.3. The van der Waals surface area contributed by atoms with Gasteiger partial charge in [0, 0.05) is 5.75 Å². The number of aromatic carboxylic acids is 1. The molecule has 0 bridgehead atoms. The third-order valence-corrected chi connectivity index (χ3v) is 8.23. The zero-order valence-electron chi connectivity index (χ0n) is 17.6. The maximum atomic E-state index is 13.5. The van der Waals surface area contributed by atoms with Gasteiger partial charge in [-0.2, -0.15) is 0 Å². The molecule has 1 N–H and O–H groups in total. The van der Waals surface area contributed by atoms with Gasteiger partial charge in [0.05, 0.1) is 16.1 Å². The SMILES string of the molecule is Cc1ccc(S(=O)(=O)N(SCc2ccc(C(C)C)cc2)c2ccccc2)cc1C(=O)O. The van der Waals surface area contributed by atoms with Crippen LogP contribution in [-0.2, 0) is 15.8 Å². The Morgan fingerprint density at radius 2 is 1.65 bits per heavy atom. The first-order chi connectivity index (χ1) is 14.7. The molecule has 0 aromatic heterocycles. The second kappa shape index (κ2) is 9.58. The van der Waals surface area contributed by atoms with Crippen molar-refractivity contribution in [3.63, 3.8) is 0 Å². The lowest BCUT2D eigenvalue weighted by Gasteiger charge is -2.23. The van der Waals surface area contributed by atoms with Crippen LogP contribution in [-0.4, -0.2) is 19.5 Å². The molecule has 0 spiro atoms. The van der Waals surface area contributed by atoms with E-state index in [0.717, 1.165) is 17.5 Å². The Morgan fingerprint density at radius 3 is 2.23 bits per heavy atom. The van der Waals surface area contributed by atoms with Gasteiger partial charge in [-0.15, -0.1) is 0 Å². The summed E-state index contributed by atoms with van der Waals surface area (Å²) in [4.78, 5) is 11.5. The number of carboxylic acid groups (broad SMARTS) is 1. The predicted octanol–water partition coefficient (Wildman–Crippen LogP) is 5.86. The molecule has 0 saturated carbocycles. The highest BCUT2D eigenvalue weighted by Gasteiger charge is 2.27. The summed E-state index contributed by atoms with van der Waals surface area (Å²) in [6.45, 7) is 5.89. The van der Waals surface area contributed by atoms with E-state index in [1.165, 1.54) is 27.5 Å². The summed E-state index contributed by atoms with van der Waals surface area (Å²) in [5, 5.41) is 9.41. The molecular formula is C24H25NO4S2. The molecule has 31 heavy (non-hydrogen) atoms. The first kappa shape index (κ1) is 22.9. The number of carboxylic acids is 1. The molecule has 0 saturated heterocycles. The minimum Gasteiger partial charge on any atom is -0.478 e. The van der Waals surface area contributed by atoms with Crippen LogP contribution >= 0.6 is 11.9 Å². The van der Waals surface area contributed by atoms with Gasteiger partial charge in [-0.3, -0.25) is 0 Å². The van der Waals surface area contributed by atoms with Crippen molar-refractivity contribution in [3.8, 4) is 0 Å². The molecular weight excluding hydrogens is 430 g/mol. The average molecular weight is 456 g/mol. The van der Waals surface area contributed by atoms with Crippen molar-refractivity contribution in [1.82, 2.24) is 0 Å². The highest BCUT2D eigenvalue weighted by atomic mass is 32.3. The normalized spacial score (nSPS) is 11.5. The van der Waals surface area contributed by atoms with Crippen LogP contribution in [0.5, 0.6) is 0 Å². The summed E-state index contributed by atoms with van der Waals surface area (Å²) >= 11 is 1.16. The van der Waals surface area contributed by atoms with Crippen molar-refractivity contribution in [2.75, 3.05) is 3.71 Å². The summed E-state index contributed by atoms with van der Waals surface area (Å²) in [7, 11) is -3.99. The van der Waals surface area contributed by atoms with Crippen molar-refractivity contribution in [1.29, 1.82) is 0 Å². The van der Waals surface area contributed by atoms with E-state index >= 15 is 0 Å². The van der Waals surface area contributed by atoms with Crippen LogP contribution < -0.4 is 3.71 Å². The molecule has 0 radical (unpaired) electrons. The summed E-state index contributed by atoms with van der Waals surface area (Å²) in [5.74, 6) is -0.281. The van der Waals surface area contributed by atoms with Gasteiger partial charge in [-0.05, 0) is 65.7 Å². The lowest BCUT2D eigenvalue weighted by atomic mass is 10.0. The van der Waals surface area contributed by atoms with Crippen LogP contribution in [0.4, 0.5) is 5.69 Å². The van der Waals surface area contributed by atoms with Gasteiger partial charge < -0.3 is 5.11 Å². The number of anilines is 1. The number of hydrogen-bond acceptors (Lipinski definition) is 4. The average Bonchev–Trinajstić information content (AvgIpc) is 2.74. The molecule has 3 rings (SSSR count). The highest BCUT2D eigenvalue weighted by molar-refractivity contribution is 8.14. The molecule has 0 heterocycles. The maximum Gasteiger partial charge on any atom is 0.335 e. The van der Waals surface area contributed by atoms with Crippen molar-refractivity contribution in [3.05, 3.63) is 95.1 Å². The number of rotatable bonds is 8. The van der Waals surface area contributed by atoms with Crippen LogP contribution in [0.1, 0.15) is 46.8 Å². The summed E-state index contributed by atoms with van der Waals surface area (Å²) in [6, 6.07) is 21.1. The van der Waals surface area contributed by atoms with Gasteiger partial charge in [0.15, 0.2) is 0 Å². The second-order valence-electron chi connectivity index (χ2n) is 7.52. The number of para-hydroxylation sites is 1. The summed E-state index contributed by atoms with van der Waals surface area (Å²) in [6.07, 6.45) is 0. The summed E-state index contributed by atoms with van der Waals surface area (Å²) in [5.41, 5.74) is 3.21. The van der Waals surface area contributed by atoms with Gasteiger partial charge >= 0.3 is 5.97 Å². The lowest BCUT2D eigenvalue weighted by Crippen LogP contribution is -2.25. The van der Waals surface area contributed by atoms with E-state index in [4.69, 9.17) is 0 Å². The molecule has 0 aliphatic heterocycles. The molecule has 162 valence electrons. The number of aryl methyl sites for hydroxylation is 1. The topological polar surface area (TPSA) is 74.7 Å². The minimum atomic E-state index is -3.99. The first-order valence-electron chi connectivity index (χ1n) is 9.86. The van der Waals surface area contributed by atoms with Gasteiger partial charge in [0.1, 0.15) is 0 Å². The van der Waals surface area contributed by atoms with E-state index in [0.29, 0.717) is 22.9 Å². The maximum absolute atomic E-state index is 13.5. The Hall–Kier alpha value is -2.77. The van der Waals surface area contributed by atoms with Gasteiger partial charge in [0.2, 0.25) is 0 Å². The van der Waals surface area contributed by atoms with Gasteiger partial charge in [0.25, 0.3) is 10.0 Å². The number of benzene rings is 3. The molecule has 0 fully saturated rings. The molecule has 3 aromatic rings. The summed E-state index contributed by atoms with van der Waals surface area (Å²) < 4.78 is 28.3. The van der Waals surface area contributed by atoms with Crippen LogP contribution in [0.15, 0.2) is 77.7 Å². The standard InChI is InChI=1S/C24H25NO4S2/c1-17(2)20-12-10-19(11-13-20)16-30-25(21-7-5-4-6-8-21)31(28,29)22-14-9-18(3)23(15-22)24(26)27/h4-15,17H,16H2,1-3H3,(H,26,27). The first-order valence-corrected chi connectivity index (χ1v) is 12.2. The molecule has 3 aromatic carbocycles. The Morgan fingerprint density at radius 1 is 1.00 bits per heavy atom. The Bertz CT molecular complexity index is 1160. The predicted molar refractivity (Wildman–Crippen MR) is 126 cm³/mol. The smallest absolute Gasteiger partial charge is 0.335 e. The van der Waals surface area contributed by atoms with Gasteiger partial charge in [-0.25, -0.2) is 16.9 Å². The molecule has 0 aliphatic rings. The fraction of sp³-hybridized carbons (Fsp3) is 0.208. The van der Waals surface area contributed by atoms with E-state index in [-0.39, 0.29) is 10.5 Å². The van der Waals surface area contributed by atoms with E-state index in [9.17, 15) is 18.3 Å². The Kier molecular flexibility index (Phi) is 7.08. The quantitative estimate of drug-likeness (QED) is 0.431. The van der Waals surface area contributed by atoms with E-state index in [1.54, 1.807) is 31.2 Å². The monoisotopic (exact) mass is 455 g/mol. The van der Waals surface area contributed by atoms with Crippen LogP contribution in [0, 0.1) is 6.92 Å². The zero-order chi connectivity index (χ0) is 22.6. The Balaban J connectivity index is 1.95. The molecule has 0 unspecified atom stereocenters. The van der Waals surface area contributed by atoms with Crippen molar-refractivity contribution in [2.45, 2.75) is 37.3 Å². The van der Waals surface area contributed by atoms with E-state index in [2.05, 4.69) is 26.0 Å². The molecule has 0 atom stereocenters. The highest BCUT2D eigenvalue weighted by Crippen LogP contribution is 2.33. The fourth-order valence-electron chi connectivity index (χ4n) is 3.05. The van der Waals surface area contributed by atoms with Crippen LogP contribution in [0.25, 0.3) is 0 Å². The molecule has 7 heteroatoms. The largest absolute Gasteiger partial charge is 0.478 e. The van der Waals surface area contributed by atoms with E-state index in [1.807, 2.05) is 18.2 Å². The van der Waals surface area contributed by atoms with Crippen LogP contribution in [0.3, 0.4) is 0 Å². The van der Waals surface area contributed by atoms with Crippen molar-refractivity contribution in [2.24, 2.45) is 0 Å². The third kappa shape index (κ3) is 5.29. The molecule has 0 amide bonds. The fourth-order valence-corrected chi connectivity index (χ4v) is 5.85. The minimum absolute atomic E-state index is 0.0247.